The maximum Gasteiger partial charge on any atom is 0.242 e. The summed E-state index contributed by atoms with van der Waals surface area (Å²) < 4.78 is 34.0. The van der Waals surface area contributed by atoms with Crippen LogP contribution in [0.25, 0.3) is 10.9 Å². The molecule has 9 heteroatoms. The van der Waals surface area contributed by atoms with Crippen LogP contribution in [0.2, 0.25) is 0 Å². The van der Waals surface area contributed by atoms with E-state index in [1.165, 1.54) is 9.87 Å². The summed E-state index contributed by atoms with van der Waals surface area (Å²) in [6.45, 7) is 11.8. The van der Waals surface area contributed by atoms with Gasteiger partial charge in [-0.1, -0.05) is 30.3 Å². The maximum atomic E-state index is 13.3. The highest BCUT2D eigenvalue weighted by atomic mass is 32.2. The summed E-state index contributed by atoms with van der Waals surface area (Å²) in [4.78, 5) is 12.2. The van der Waals surface area contributed by atoms with Gasteiger partial charge in [-0.25, -0.2) is 13.4 Å². The molecule has 3 aromatic rings. The molecule has 2 aliphatic rings. The average molecular weight is 538 g/mol. The van der Waals surface area contributed by atoms with Crippen LogP contribution in [0.5, 0.6) is 0 Å². The Balaban J connectivity index is 1.17. The molecule has 38 heavy (non-hydrogen) atoms. The van der Waals surface area contributed by atoms with E-state index >= 15 is 0 Å². The molecule has 2 atom stereocenters. The second kappa shape index (κ2) is 11.7. The van der Waals surface area contributed by atoms with Crippen molar-refractivity contribution >= 4 is 26.7 Å². The van der Waals surface area contributed by atoms with E-state index in [9.17, 15) is 8.42 Å². The maximum absolute atomic E-state index is 13.3. The number of nitrogens with zero attached hydrogens (tertiary/aromatic N) is 5. The Kier molecular flexibility index (Phi) is 8.30. The molecule has 8 nitrogen and oxygen atoms in total. The summed E-state index contributed by atoms with van der Waals surface area (Å²) in [5.74, 6) is 0.899. The number of anilines is 1. The van der Waals surface area contributed by atoms with Gasteiger partial charge in [-0.05, 0) is 49.7 Å². The molecule has 5 rings (SSSR count). The zero-order valence-electron chi connectivity index (χ0n) is 22.7. The van der Waals surface area contributed by atoms with Crippen LogP contribution < -0.4 is 4.90 Å². The number of hydrogen-bond acceptors (Lipinski definition) is 7. The van der Waals surface area contributed by atoms with Crippen LogP contribution in [0.3, 0.4) is 0 Å². The van der Waals surface area contributed by atoms with Crippen LogP contribution in [0.15, 0.2) is 65.6 Å². The number of ether oxygens (including phenoxy) is 1. The molecule has 2 aromatic carbocycles. The smallest absolute Gasteiger partial charge is 0.242 e. The second-order valence-electron chi connectivity index (χ2n) is 10.6. The first-order chi connectivity index (χ1) is 18.3. The lowest BCUT2D eigenvalue weighted by Crippen LogP contribution is -2.48. The van der Waals surface area contributed by atoms with Crippen LogP contribution in [0.1, 0.15) is 19.4 Å². The number of hydrogen-bond donors (Lipinski definition) is 0. The molecule has 204 valence electrons. The van der Waals surface area contributed by atoms with Crippen molar-refractivity contribution in [2.75, 3.05) is 64.3 Å². The third-order valence-corrected chi connectivity index (χ3v) is 9.40. The Morgan fingerprint density at radius 1 is 0.921 bits per heavy atom. The molecule has 0 N–H and O–H groups in total. The number of fused-ring (bicyclic) bond motifs is 1. The Bertz CT molecular complexity index is 1320. The van der Waals surface area contributed by atoms with Crippen molar-refractivity contribution in [1.29, 1.82) is 0 Å². The third kappa shape index (κ3) is 6.35. The quantitative estimate of drug-likeness (QED) is 0.437. The summed E-state index contributed by atoms with van der Waals surface area (Å²) >= 11 is 0. The molecule has 0 bridgehead atoms. The first kappa shape index (κ1) is 27.0. The minimum Gasteiger partial charge on any atom is -0.372 e. The van der Waals surface area contributed by atoms with Crippen molar-refractivity contribution in [1.82, 2.24) is 19.1 Å². The molecule has 1 aromatic heterocycles. The van der Waals surface area contributed by atoms with Crippen LogP contribution in [-0.2, 0) is 21.3 Å². The van der Waals surface area contributed by atoms with Crippen LogP contribution in [0.4, 0.5) is 5.82 Å². The van der Waals surface area contributed by atoms with Gasteiger partial charge in [0.1, 0.15) is 5.82 Å². The fourth-order valence-corrected chi connectivity index (χ4v) is 6.59. The number of likely N-dealkylation sites (N-methyl/N-ethyl adjacent to an activating group) is 1. The normalized spacial score (nSPS) is 21.8. The summed E-state index contributed by atoms with van der Waals surface area (Å²) in [6.07, 6.45) is 0.301. The van der Waals surface area contributed by atoms with Crippen molar-refractivity contribution in [2.24, 2.45) is 0 Å². The lowest BCUT2D eigenvalue weighted by Gasteiger charge is -2.36. The molecule has 0 radical (unpaired) electrons. The topological polar surface area (TPSA) is 69.2 Å². The van der Waals surface area contributed by atoms with E-state index in [1.54, 1.807) is 19.2 Å². The zero-order chi connectivity index (χ0) is 26.7. The molecule has 2 saturated heterocycles. The second-order valence-corrected chi connectivity index (χ2v) is 12.7. The molecule has 0 saturated carbocycles. The summed E-state index contributed by atoms with van der Waals surface area (Å²) in [5, 5.41) is 0.826. The van der Waals surface area contributed by atoms with Gasteiger partial charge in [0.25, 0.3) is 0 Å². The highest BCUT2D eigenvalue weighted by Gasteiger charge is 2.25. The third-order valence-electron chi connectivity index (χ3n) is 7.54. The largest absolute Gasteiger partial charge is 0.372 e. The first-order valence-electron chi connectivity index (χ1n) is 13.5. The number of morpholine rings is 1. The summed E-state index contributed by atoms with van der Waals surface area (Å²) in [6, 6.07) is 19.7. The Morgan fingerprint density at radius 2 is 1.61 bits per heavy atom. The molecule has 0 unspecified atom stereocenters. The molecule has 3 heterocycles. The Labute approximate surface area is 226 Å². The molecule has 0 aliphatic carbocycles. The molecule has 2 fully saturated rings. The van der Waals surface area contributed by atoms with Gasteiger partial charge in [0.15, 0.2) is 0 Å². The molecule has 0 spiro atoms. The molecule has 2 aliphatic heterocycles. The van der Waals surface area contributed by atoms with Gasteiger partial charge in [-0.15, -0.1) is 0 Å². The number of benzene rings is 2. The van der Waals surface area contributed by atoms with Gasteiger partial charge >= 0.3 is 0 Å². The average Bonchev–Trinajstić information content (AvgIpc) is 2.92. The highest BCUT2D eigenvalue weighted by Crippen LogP contribution is 2.25. The number of pyridine rings is 1. The van der Waals surface area contributed by atoms with E-state index in [-0.39, 0.29) is 12.2 Å². The van der Waals surface area contributed by atoms with E-state index in [4.69, 9.17) is 9.72 Å². The van der Waals surface area contributed by atoms with Gasteiger partial charge in [-0.2, -0.15) is 4.31 Å². The van der Waals surface area contributed by atoms with Gasteiger partial charge in [0, 0.05) is 71.3 Å². The summed E-state index contributed by atoms with van der Waals surface area (Å²) in [5.41, 5.74) is 2.13. The minimum atomic E-state index is -3.59. The van der Waals surface area contributed by atoms with E-state index in [0.717, 1.165) is 69.1 Å². The molecule has 0 amide bonds. The van der Waals surface area contributed by atoms with Crippen molar-refractivity contribution in [3.05, 3.63) is 66.2 Å². The molecular weight excluding hydrogens is 498 g/mol. The SMILES string of the molecule is C[C@@H]1CN(c2ccc3cc(S(=O)(=O)N(C)CCN4CCN(Cc5ccccc5)CC4)ccc3n2)C[C@@H](C)O1. The Hall–Kier alpha value is -2.56. The van der Waals surface area contributed by atoms with Crippen LogP contribution >= 0.6 is 0 Å². The lowest BCUT2D eigenvalue weighted by atomic mass is 10.2. The number of aromatic nitrogens is 1. The van der Waals surface area contributed by atoms with Crippen LogP contribution in [-0.4, -0.2) is 99.1 Å². The van der Waals surface area contributed by atoms with Gasteiger partial charge < -0.3 is 9.64 Å². The lowest BCUT2D eigenvalue weighted by molar-refractivity contribution is -0.00544. The van der Waals surface area contributed by atoms with E-state index in [1.807, 2.05) is 24.3 Å². The van der Waals surface area contributed by atoms with Gasteiger partial charge in [-0.3, -0.25) is 9.80 Å². The van der Waals surface area contributed by atoms with E-state index < -0.39 is 10.0 Å². The number of sulfonamides is 1. The predicted molar refractivity (Wildman–Crippen MR) is 152 cm³/mol. The van der Waals surface area contributed by atoms with Crippen LogP contribution in [0, 0.1) is 0 Å². The predicted octanol–water partition coefficient (Wildman–Crippen LogP) is 3.29. The van der Waals surface area contributed by atoms with Gasteiger partial charge in [0.2, 0.25) is 10.0 Å². The fraction of sp³-hybridized carbons (Fsp3) is 0.483. The first-order valence-corrected chi connectivity index (χ1v) is 15.0. The number of rotatable bonds is 8. The van der Waals surface area contributed by atoms with E-state index in [0.29, 0.717) is 11.4 Å². The summed E-state index contributed by atoms with van der Waals surface area (Å²) in [7, 11) is -1.91. The minimum absolute atomic E-state index is 0.150. The van der Waals surface area contributed by atoms with E-state index in [2.05, 4.69) is 52.8 Å². The van der Waals surface area contributed by atoms with Crippen molar-refractivity contribution in [3.63, 3.8) is 0 Å². The highest BCUT2D eigenvalue weighted by molar-refractivity contribution is 7.89. The zero-order valence-corrected chi connectivity index (χ0v) is 23.5. The van der Waals surface area contributed by atoms with Crippen molar-refractivity contribution < 1.29 is 13.2 Å². The number of piperazine rings is 1. The van der Waals surface area contributed by atoms with Gasteiger partial charge in [0.05, 0.1) is 22.6 Å². The molecular formula is C29H39N5O3S. The van der Waals surface area contributed by atoms with Crippen molar-refractivity contribution in [3.8, 4) is 0 Å². The van der Waals surface area contributed by atoms with Crippen molar-refractivity contribution in [2.45, 2.75) is 37.5 Å². The fourth-order valence-electron chi connectivity index (χ4n) is 5.39. The Morgan fingerprint density at radius 3 is 2.32 bits per heavy atom. The standard InChI is InChI=1S/C29H39N5O3S/c1-23-20-34(21-24(2)37-23)29-12-9-26-19-27(10-11-28(26)30-29)38(35,36)31(3)13-14-32-15-17-33(18-16-32)22-25-7-5-4-6-8-25/h4-12,19,23-24H,13-18,20-22H2,1-3H3/t23-,24-/m1/s1. The monoisotopic (exact) mass is 537 g/mol.